The molecular weight excluding hydrogens is 611 g/mol. The second-order valence-corrected chi connectivity index (χ2v) is 11.0. The fourth-order valence-corrected chi connectivity index (χ4v) is 7.26. The summed E-state index contributed by atoms with van der Waals surface area (Å²) in [5.74, 6) is -2.69. The van der Waals surface area contributed by atoms with Gasteiger partial charge in [0.1, 0.15) is 6.54 Å². The Morgan fingerprint density at radius 1 is 1.13 bits per heavy atom. The average Bonchev–Trinajstić information content (AvgIpc) is 3.29. The van der Waals surface area contributed by atoms with Crippen molar-refractivity contribution in [2.75, 3.05) is 18.5 Å². The molecule has 1 aliphatic heterocycles. The third-order valence-electron chi connectivity index (χ3n) is 5.94. The second-order valence-electron chi connectivity index (χ2n) is 7.60. The molecule has 1 aromatic carbocycles. The molecule has 160 valence electrons. The largest absolute Gasteiger partial charge is 0.454 e. The van der Waals surface area contributed by atoms with Gasteiger partial charge in [-0.15, -0.1) is 0 Å². The number of hydrogen-bond donors (Lipinski definition) is 1. The van der Waals surface area contributed by atoms with E-state index in [2.05, 4.69) is 53.1 Å². The standard InChI is InChI=1S/C19H16Br3ClN2O5/c20-7-1-2-11(10(23)3-7)24-12(26)6-30-13(27)5-25-18(28)14-8-4-9(15(14)19(25)29)17(22)16(8)21/h1-3,8-9,14-17H,4-6H2,(H,24,26)/t8-,9-,14-,15+,16-,17+/m1/s1. The minimum atomic E-state index is -0.813. The third-order valence-corrected chi connectivity index (χ3v) is 9.95. The highest BCUT2D eigenvalue weighted by Gasteiger charge is 2.66. The lowest BCUT2D eigenvalue weighted by atomic mass is 9.81. The monoisotopic (exact) mass is 624 g/mol. The number of amides is 3. The maximum absolute atomic E-state index is 12.8. The number of hydrogen-bond acceptors (Lipinski definition) is 5. The fraction of sp³-hybridized carbons (Fsp3) is 0.474. The molecule has 2 aliphatic carbocycles. The molecule has 6 atom stereocenters. The zero-order chi connectivity index (χ0) is 21.7. The molecule has 1 N–H and O–H groups in total. The number of likely N-dealkylation sites (tertiary alicyclic amines) is 1. The number of carbonyl (C=O) groups excluding carboxylic acids is 4. The van der Waals surface area contributed by atoms with Crippen LogP contribution in [0, 0.1) is 23.7 Å². The van der Waals surface area contributed by atoms with Crippen molar-refractivity contribution in [1.29, 1.82) is 0 Å². The van der Waals surface area contributed by atoms with Gasteiger partial charge in [-0.2, -0.15) is 0 Å². The first-order valence-corrected chi connectivity index (χ1v) is 12.2. The SMILES string of the molecule is O=C(COC(=O)CN1C(=O)[C@@H]2[C@H]3C[C@@H]([C@H](Br)[C@@H]3Br)[C@@H]2C1=O)Nc1ccc(Br)cc1Cl. The normalized spacial score (nSPS) is 31.8. The Hall–Kier alpha value is -0.970. The van der Waals surface area contributed by atoms with Crippen LogP contribution in [-0.2, 0) is 23.9 Å². The Morgan fingerprint density at radius 3 is 2.30 bits per heavy atom. The molecule has 1 saturated heterocycles. The van der Waals surface area contributed by atoms with Gasteiger partial charge in [-0.05, 0) is 36.5 Å². The number of esters is 1. The van der Waals surface area contributed by atoms with Gasteiger partial charge in [-0.3, -0.25) is 24.1 Å². The van der Waals surface area contributed by atoms with E-state index < -0.39 is 36.9 Å². The molecular formula is C19H16Br3ClN2O5. The van der Waals surface area contributed by atoms with Gasteiger partial charge >= 0.3 is 5.97 Å². The van der Waals surface area contributed by atoms with Crippen LogP contribution >= 0.6 is 59.4 Å². The maximum Gasteiger partial charge on any atom is 0.326 e. The summed E-state index contributed by atoms with van der Waals surface area (Å²) in [6.07, 6.45) is 0.815. The van der Waals surface area contributed by atoms with Gasteiger partial charge in [0.05, 0.1) is 22.5 Å². The van der Waals surface area contributed by atoms with Crippen LogP contribution in [0.2, 0.25) is 5.02 Å². The summed E-state index contributed by atoms with van der Waals surface area (Å²) in [4.78, 5) is 51.0. The van der Waals surface area contributed by atoms with Crippen LogP contribution in [0.15, 0.2) is 22.7 Å². The van der Waals surface area contributed by atoms with Crippen molar-refractivity contribution in [2.45, 2.75) is 16.1 Å². The highest BCUT2D eigenvalue weighted by Crippen LogP contribution is 2.60. The number of ether oxygens (including phenoxy) is 1. The topological polar surface area (TPSA) is 92.8 Å². The Labute approximate surface area is 202 Å². The van der Waals surface area contributed by atoms with Gasteiger partial charge < -0.3 is 10.1 Å². The van der Waals surface area contributed by atoms with E-state index in [1.807, 2.05) is 0 Å². The molecule has 0 unspecified atom stereocenters. The van der Waals surface area contributed by atoms with Crippen LogP contribution in [0.25, 0.3) is 0 Å². The van der Waals surface area contributed by atoms with Crippen LogP contribution in [0.5, 0.6) is 0 Å². The van der Waals surface area contributed by atoms with Gasteiger partial charge in [0.15, 0.2) is 6.61 Å². The lowest BCUT2D eigenvalue weighted by molar-refractivity contribution is -0.154. The highest BCUT2D eigenvalue weighted by molar-refractivity contribution is 9.12. The number of imide groups is 1. The van der Waals surface area contributed by atoms with E-state index in [4.69, 9.17) is 16.3 Å². The number of halogens is 4. The van der Waals surface area contributed by atoms with Gasteiger partial charge in [0, 0.05) is 14.1 Å². The van der Waals surface area contributed by atoms with Crippen LogP contribution in [0.4, 0.5) is 5.69 Å². The highest BCUT2D eigenvalue weighted by atomic mass is 79.9. The van der Waals surface area contributed by atoms with Crippen molar-refractivity contribution in [3.63, 3.8) is 0 Å². The molecule has 0 spiro atoms. The summed E-state index contributed by atoms with van der Waals surface area (Å²) in [7, 11) is 0. The van der Waals surface area contributed by atoms with E-state index in [-0.39, 0.29) is 33.3 Å². The molecule has 0 radical (unpaired) electrons. The Balaban J connectivity index is 1.32. The molecule has 30 heavy (non-hydrogen) atoms. The zero-order valence-corrected chi connectivity index (χ0v) is 20.8. The molecule has 3 aliphatic rings. The Morgan fingerprint density at radius 2 is 1.73 bits per heavy atom. The number of anilines is 1. The molecule has 4 rings (SSSR count). The molecule has 7 nitrogen and oxygen atoms in total. The number of nitrogens with one attached hydrogen (secondary N) is 1. The summed E-state index contributed by atoms with van der Waals surface area (Å²) >= 11 is 16.5. The van der Waals surface area contributed by atoms with Crippen LogP contribution in [0.1, 0.15) is 6.42 Å². The Kier molecular flexibility index (Phi) is 6.31. The van der Waals surface area contributed by atoms with Crippen molar-refractivity contribution >= 4 is 88.8 Å². The van der Waals surface area contributed by atoms with E-state index in [0.717, 1.165) is 15.8 Å². The van der Waals surface area contributed by atoms with Crippen molar-refractivity contribution in [1.82, 2.24) is 4.90 Å². The summed E-state index contributed by atoms with van der Waals surface area (Å²) in [6.45, 7) is -1.04. The second kappa shape index (κ2) is 8.52. The molecule has 3 fully saturated rings. The quantitative estimate of drug-likeness (QED) is 0.307. The predicted molar refractivity (Wildman–Crippen MR) is 119 cm³/mol. The summed E-state index contributed by atoms with van der Waals surface area (Å²) in [5, 5.41) is 2.87. The fourth-order valence-electron chi connectivity index (χ4n) is 4.66. The van der Waals surface area contributed by atoms with Crippen LogP contribution < -0.4 is 5.32 Å². The van der Waals surface area contributed by atoms with Gasteiger partial charge in [0.25, 0.3) is 5.91 Å². The number of alkyl halides is 2. The number of rotatable bonds is 5. The minimum absolute atomic E-state index is 0.0725. The number of fused-ring (bicyclic) bond motifs is 5. The average molecular weight is 628 g/mol. The van der Waals surface area contributed by atoms with Crippen molar-refractivity contribution in [3.8, 4) is 0 Å². The van der Waals surface area contributed by atoms with Crippen molar-refractivity contribution in [3.05, 3.63) is 27.7 Å². The van der Waals surface area contributed by atoms with Gasteiger partial charge in [-0.1, -0.05) is 59.4 Å². The zero-order valence-electron chi connectivity index (χ0n) is 15.3. The van der Waals surface area contributed by atoms with Crippen molar-refractivity contribution < 1.29 is 23.9 Å². The smallest absolute Gasteiger partial charge is 0.326 e. The molecule has 11 heteroatoms. The summed E-state index contributed by atoms with van der Waals surface area (Å²) in [6, 6.07) is 4.93. The molecule has 1 aromatic rings. The minimum Gasteiger partial charge on any atom is -0.454 e. The lowest BCUT2D eigenvalue weighted by Gasteiger charge is -2.28. The molecule has 1 heterocycles. The third kappa shape index (κ3) is 3.84. The number of carbonyl (C=O) groups is 4. The Bertz CT molecular complexity index is 913. The number of nitrogens with zero attached hydrogens (tertiary/aromatic N) is 1. The summed E-state index contributed by atoms with van der Waals surface area (Å²) < 4.78 is 5.72. The summed E-state index contributed by atoms with van der Waals surface area (Å²) in [5.41, 5.74) is 0.378. The molecule has 3 amide bonds. The first kappa shape index (κ1) is 22.2. The first-order valence-electron chi connectivity index (χ1n) is 9.23. The maximum atomic E-state index is 12.8. The molecule has 2 bridgehead atoms. The van der Waals surface area contributed by atoms with E-state index in [1.54, 1.807) is 18.2 Å². The lowest BCUT2D eigenvalue weighted by Crippen LogP contribution is -2.38. The van der Waals surface area contributed by atoms with E-state index in [1.165, 1.54) is 0 Å². The van der Waals surface area contributed by atoms with E-state index in [9.17, 15) is 19.2 Å². The van der Waals surface area contributed by atoms with Gasteiger partial charge in [-0.25, -0.2) is 0 Å². The van der Waals surface area contributed by atoms with E-state index >= 15 is 0 Å². The predicted octanol–water partition coefficient (Wildman–Crippen LogP) is 3.36. The number of benzene rings is 1. The van der Waals surface area contributed by atoms with Crippen molar-refractivity contribution in [2.24, 2.45) is 23.7 Å². The van der Waals surface area contributed by atoms with Crippen LogP contribution in [0.3, 0.4) is 0 Å². The first-order chi connectivity index (χ1) is 14.2. The van der Waals surface area contributed by atoms with Crippen LogP contribution in [-0.4, -0.2) is 51.4 Å². The molecule has 2 saturated carbocycles. The van der Waals surface area contributed by atoms with Gasteiger partial charge in [0.2, 0.25) is 11.8 Å². The molecule has 0 aromatic heterocycles. The van der Waals surface area contributed by atoms with E-state index in [0.29, 0.717) is 10.7 Å².